The largest absolute Gasteiger partial charge is 0.468 e. The second-order valence-corrected chi connectivity index (χ2v) is 4.07. The van der Waals surface area contributed by atoms with Gasteiger partial charge in [0.25, 0.3) is 0 Å². The zero-order valence-electron chi connectivity index (χ0n) is 10.2. The smallest absolute Gasteiger partial charge is 0.317 e. The van der Waals surface area contributed by atoms with E-state index < -0.39 is 23.8 Å². The maximum absolute atomic E-state index is 11.8. The summed E-state index contributed by atoms with van der Waals surface area (Å²) in [7, 11) is 1.22. The number of hydrogen-bond donors (Lipinski definition) is 0. The van der Waals surface area contributed by atoms with E-state index in [1.165, 1.54) is 7.11 Å². The van der Waals surface area contributed by atoms with Gasteiger partial charge in [0.05, 0.1) is 19.6 Å². The maximum Gasteiger partial charge on any atom is 0.317 e. The van der Waals surface area contributed by atoms with Gasteiger partial charge in [0.2, 0.25) is 0 Å². The molecule has 1 aliphatic rings. The molecule has 5 nitrogen and oxygen atoms in total. The Balaban J connectivity index is 2.90. The number of carbonyl (C=O) groups excluding carboxylic acids is 3. The summed E-state index contributed by atoms with van der Waals surface area (Å²) in [5, 5.41) is 0. The van der Waals surface area contributed by atoms with Gasteiger partial charge in [0.1, 0.15) is 11.7 Å². The molecular weight excluding hydrogens is 224 g/mol. The van der Waals surface area contributed by atoms with Crippen molar-refractivity contribution in [2.75, 3.05) is 13.7 Å². The van der Waals surface area contributed by atoms with Crippen molar-refractivity contribution in [2.45, 2.75) is 32.6 Å². The first-order valence-corrected chi connectivity index (χ1v) is 5.89. The van der Waals surface area contributed by atoms with Crippen molar-refractivity contribution < 1.29 is 23.9 Å². The zero-order valence-corrected chi connectivity index (χ0v) is 10.2. The minimum Gasteiger partial charge on any atom is -0.468 e. The Bertz CT molecular complexity index is 310. The molecule has 1 fully saturated rings. The fourth-order valence-corrected chi connectivity index (χ4v) is 2.14. The number of esters is 2. The molecule has 0 saturated heterocycles. The topological polar surface area (TPSA) is 69.7 Å². The van der Waals surface area contributed by atoms with Gasteiger partial charge in [-0.15, -0.1) is 0 Å². The van der Waals surface area contributed by atoms with Crippen LogP contribution in [0.2, 0.25) is 0 Å². The molecule has 2 atom stereocenters. The van der Waals surface area contributed by atoms with Crippen LogP contribution in [0.1, 0.15) is 32.6 Å². The highest BCUT2D eigenvalue weighted by atomic mass is 16.5. The molecular formula is C12H18O5. The monoisotopic (exact) mass is 242 g/mol. The van der Waals surface area contributed by atoms with E-state index in [-0.39, 0.29) is 12.4 Å². The molecule has 0 heterocycles. The van der Waals surface area contributed by atoms with Crippen LogP contribution in [0.25, 0.3) is 0 Å². The summed E-state index contributed by atoms with van der Waals surface area (Å²) in [6.45, 7) is 1.95. The van der Waals surface area contributed by atoms with Crippen LogP contribution in [0, 0.1) is 11.8 Å². The lowest BCUT2D eigenvalue weighted by Gasteiger charge is -2.19. The van der Waals surface area contributed by atoms with Gasteiger partial charge in [0.15, 0.2) is 0 Å². The summed E-state index contributed by atoms with van der Waals surface area (Å²) in [5.74, 6) is -2.99. The fraction of sp³-hybridized carbons (Fsp3) is 0.750. The van der Waals surface area contributed by atoms with E-state index in [1.54, 1.807) is 6.92 Å². The SMILES string of the molecule is CCOC(=O)C1CCCCC(=O)C1C(=O)OC. The van der Waals surface area contributed by atoms with E-state index >= 15 is 0 Å². The molecule has 1 saturated carbocycles. The molecule has 1 aliphatic carbocycles. The second-order valence-electron chi connectivity index (χ2n) is 4.07. The van der Waals surface area contributed by atoms with Crippen LogP contribution in [0.4, 0.5) is 0 Å². The van der Waals surface area contributed by atoms with E-state index in [9.17, 15) is 14.4 Å². The van der Waals surface area contributed by atoms with Crippen molar-refractivity contribution in [2.24, 2.45) is 11.8 Å². The number of carbonyl (C=O) groups is 3. The molecule has 0 aromatic carbocycles. The molecule has 17 heavy (non-hydrogen) atoms. The van der Waals surface area contributed by atoms with Crippen LogP contribution in [0.15, 0.2) is 0 Å². The van der Waals surface area contributed by atoms with Crippen molar-refractivity contribution in [3.8, 4) is 0 Å². The van der Waals surface area contributed by atoms with Gasteiger partial charge in [0, 0.05) is 6.42 Å². The third-order valence-electron chi connectivity index (χ3n) is 2.98. The highest BCUT2D eigenvalue weighted by Crippen LogP contribution is 2.28. The Morgan fingerprint density at radius 3 is 2.59 bits per heavy atom. The van der Waals surface area contributed by atoms with Crippen LogP contribution in [-0.2, 0) is 23.9 Å². The van der Waals surface area contributed by atoms with Crippen LogP contribution in [0.3, 0.4) is 0 Å². The first-order valence-electron chi connectivity index (χ1n) is 5.89. The van der Waals surface area contributed by atoms with Crippen LogP contribution in [-0.4, -0.2) is 31.4 Å². The predicted molar refractivity (Wildman–Crippen MR) is 59.1 cm³/mol. The second kappa shape index (κ2) is 6.37. The summed E-state index contributed by atoms with van der Waals surface area (Å²) >= 11 is 0. The number of hydrogen-bond acceptors (Lipinski definition) is 5. The van der Waals surface area contributed by atoms with Crippen molar-refractivity contribution in [1.29, 1.82) is 0 Å². The number of ether oxygens (including phenoxy) is 2. The lowest BCUT2D eigenvalue weighted by molar-refractivity contribution is -0.162. The Morgan fingerprint density at radius 2 is 2.00 bits per heavy atom. The molecule has 0 aromatic rings. The minimum absolute atomic E-state index is 0.215. The van der Waals surface area contributed by atoms with Crippen LogP contribution in [0.5, 0.6) is 0 Å². The van der Waals surface area contributed by atoms with Gasteiger partial charge in [-0.1, -0.05) is 6.42 Å². The zero-order chi connectivity index (χ0) is 12.8. The molecule has 0 amide bonds. The van der Waals surface area contributed by atoms with Crippen molar-refractivity contribution in [1.82, 2.24) is 0 Å². The summed E-state index contributed by atoms with van der Waals surface area (Å²) in [4.78, 5) is 35.2. The van der Waals surface area contributed by atoms with E-state index in [0.717, 1.165) is 6.42 Å². The van der Waals surface area contributed by atoms with Crippen molar-refractivity contribution >= 4 is 17.7 Å². The lowest BCUT2D eigenvalue weighted by Crippen LogP contribution is -2.36. The Kier molecular flexibility index (Phi) is 5.12. The molecule has 1 rings (SSSR count). The van der Waals surface area contributed by atoms with Gasteiger partial charge in [-0.05, 0) is 19.8 Å². The van der Waals surface area contributed by atoms with E-state index in [4.69, 9.17) is 4.74 Å². The van der Waals surface area contributed by atoms with Gasteiger partial charge in [-0.2, -0.15) is 0 Å². The molecule has 0 spiro atoms. The summed E-state index contributed by atoms with van der Waals surface area (Å²) in [6, 6.07) is 0. The average Bonchev–Trinajstić information content (AvgIpc) is 2.50. The summed E-state index contributed by atoms with van der Waals surface area (Å²) in [5.41, 5.74) is 0. The minimum atomic E-state index is -0.985. The molecule has 0 aromatic heterocycles. The third-order valence-corrected chi connectivity index (χ3v) is 2.98. The molecule has 0 bridgehead atoms. The van der Waals surface area contributed by atoms with E-state index in [2.05, 4.69) is 4.74 Å². The van der Waals surface area contributed by atoms with Gasteiger partial charge >= 0.3 is 11.9 Å². The molecule has 2 unspecified atom stereocenters. The summed E-state index contributed by atoms with van der Waals surface area (Å²) < 4.78 is 9.52. The van der Waals surface area contributed by atoms with Crippen LogP contribution < -0.4 is 0 Å². The van der Waals surface area contributed by atoms with Gasteiger partial charge in [-0.3, -0.25) is 14.4 Å². The molecule has 0 aliphatic heterocycles. The molecule has 0 radical (unpaired) electrons. The van der Waals surface area contributed by atoms with Crippen LogP contribution >= 0.6 is 0 Å². The molecule has 5 heteroatoms. The normalized spacial score (nSPS) is 24.9. The Labute approximate surface area is 100 Å². The first-order chi connectivity index (χ1) is 8.11. The Morgan fingerprint density at radius 1 is 1.29 bits per heavy atom. The quantitative estimate of drug-likeness (QED) is 0.421. The fourth-order valence-electron chi connectivity index (χ4n) is 2.14. The lowest BCUT2D eigenvalue weighted by atomic mass is 9.87. The first kappa shape index (κ1) is 13.7. The maximum atomic E-state index is 11.8. The summed E-state index contributed by atoms with van der Waals surface area (Å²) in [6.07, 6.45) is 2.30. The third kappa shape index (κ3) is 3.28. The van der Waals surface area contributed by atoms with Gasteiger partial charge in [-0.25, -0.2) is 0 Å². The number of Topliss-reactive ketones (excluding diaryl/α,β-unsaturated/α-hetero) is 1. The van der Waals surface area contributed by atoms with Crippen molar-refractivity contribution in [3.63, 3.8) is 0 Å². The number of ketones is 1. The Hall–Kier alpha value is -1.39. The standard InChI is InChI=1S/C12H18O5/c1-3-17-11(14)8-6-4-5-7-9(13)10(8)12(15)16-2/h8,10H,3-7H2,1-2H3. The number of rotatable bonds is 3. The molecule has 0 N–H and O–H groups in total. The average molecular weight is 242 g/mol. The highest BCUT2D eigenvalue weighted by molar-refractivity contribution is 6.02. The predicted octanol–water partition coefficient (Wildman–Crippen LogP) is 1.10. The van der Waals surface area contributed by atoms with Crippen molar-refractivity contribution in [3.05, 3.63) is 0 Å². The van der Waals surface area contributed by atoms with E-state index in [1.807, 2.05) is 0 Å². The van der Waals surface area contributed by atoms with Gasteiger partial charge < -0.3 is 9.47 Å². The van der Waals surface area contributed by atoms with E-state index in [0.29, 0.717) is 19.3 Å². The highest BCUT2D eigenvalue weighted by Gasteiger charge is 2.41. The number of methoxy groups -OCH3 is 1. The molecule has 96 valence electrons.